The minimum Gasteiger partial charge on any atom is -0.480 e. The maximum Gasteiger partial charge on any atom is 0.323 e. The zero-order valence-corrected chi connectivity index (χ0v) is 11.5. The highest BCUT2D eigenvalue weighted by Gasteiger charge is 2.19. The Morgan fingerprint density at radius 3 is 3.00 bits per heavy atom. The van der Waals surface area contributed by atoms with E-state index < -0.39 is 5.97 Å². The van der Waals surface area contributed by atoms with Crippen molar-refractivity contribution in [2.75, 3.05) is 31.2 Å². The fourth-order valence-electron chi connectivity index (χ4n) is 2.36. The zero-order valence-electron chi connectivity index (χ0n) is 10.7. The van der Waals surface area contributed by atoms with Crippen molar-refractivity contribution < 1.29 is 14.6 Å². The van der Waals surface area contributed by atoms with E-state index in [-0.39, 0.29) is 6.54 Å². The van der Waals surface area contributed by atoms with Crippen molar-refractivity contribution in [1.29, 1.82) is 0 Å². The fraction of sp³-hybridized carbons (Fsp3) is 0.500. The van der Waals surface area contributed by atoms with Gasteiger partial charge in [0.05, 0.1) is 6.61 Å². The average Bonchev–Trinajstić information content (AvgIpc) is 2.39. The van der Waals surface area contributed by atoms with Gasteiger partial charge >= 0.3 is 5.97 Å². The van der Waals surface area contributed by atoms with E-state index in [1.54, 1.807) is 12.1 Å². The lowest BCUT2D eigenvalue weighted by Crippen LogP contribution is -2.37. The van der Waals surface area contributed by atoms with E-state index in [1.807, 2.05) is 17.0 Å². The van der Waals surface area contributed by atoms with Crippen LogP contribution in [-0.2, 0) is 9.53 Å². The van der Waals surface area contributed by atoms with Crippen molar-refractivity contribution >= 4 is 23.3 Å². The number of ether oxygens (including phenoxy) is 1. The summed E-state index contributed by atoms with van der Waals surface area (Å²) in [5.74, 6) is -0.455. The quantitative estimate of drug-likeness (QED) is 0.903. The Kier molecular flexibility index (Phi) is 5.05. The molecule has 0 radical (unpaired) electrons. The number of rotatable bonds is 5. The van der Waals surface area contributed by atoms with Crippen molar-refractivity contribution in [1.82, 2.24) is 0 Å². The summed E-state index contributed by atoms with van der Waals surface area (Å²) in [7, 11) is 0. The molecule has 1 aliphatic heterocycles. The molecular weight excluding hydrogens is 266 g/mol. The van der Waals surface area contributed by atoms with Crippen molar-refractivity contribution in [2.24, 2.45) is 5.92 Å². The van der Waals surface area contributed by atoms with Crippen molar-refractivity contribution in [3.8, 4) is 0 Å². The number of nitrogens with zero attached hydrogens (tertiary/aromatic N) is 1. The highest BCUT2D eigenvalue weighted by atomic mass is 35.5. The smallest absolute Gasteiger partial charge is 0.323 e. The van der Waals surface area contributed by atoms with Gasteiger partial charge in [-0.25, -0.2) is 0 Å². The number of halogens is 1. The Balaban J connectivity index is 2.08. The first-order chi connectivity index (χ1) is 9.15. The molecule has 1 fully saturated rings. The zero-order chi connectivity index (χ0) is 13.7. The minimum absolute atomic E-state index is 0.0170. The van der Waals surface area contributed by atoms with Gasteiger partial charge in [-0.05, 0) is 37.0 Å². The Labute approximate surface area is 117 Å². The molecule has 0 bridgehead atoms. The second kappa shape index (κ2) is 6.78. The monoisotopic (exact) mass is 283 g/mol. The number of anilines is 1. The van der Waals surface area contributed by atoms with Gasteiger partial charge in [-0.3, -0.25) is 4.79 Å². The molecule has 1 saturated heterocycles. The molecule has 1 aliphatic rings. The molecule has 0 amide bonds. The summed E-state index contributed by atoms with van der Waals surface area (Å²) in [6, 6.07) is 7.31. The molecule has 0 aliphatic carbocycles. The Hall–Kier alpha value is -1.26. The van der Waals surface area contributed by atoms with Crippen LogP contribution >= 0.6 is 11.6 Å². The summed E-state index contributed by atoms with van der Waals surface area (Å²) in [5.41, 5.74) is 0.848. The van der Waals surface area contributed by atoms with Crippen LogP contribution in [0.1, 0.15) is 12.8 Å². The molecule has 4 nitrogen and oxygen atoms in total. The molecule has 1 atom stereocenters. The minimum atomic E-state index is -0.836. The van der Waals surface area contributed by atoms with Gasteiger partial charge in [-0.15, -0.1) is 0 Å². The summed E-state index contributed by atoms with van der Waals surface area (Å²) in [4.78, 5) is 12.9. The molecular formula is C14H18ClNO3. The molecule has 1 aromatic rings. The third kappa shape index (κ3) is 4.40. The highest BCUT2D eigenvalue weighted by molar-refractivity contribution is 6.30. The van der Waals surface area contributed by atoms with E-state index in [4.69, 9.17) is 21.4 Å². The van der Waals surface area contributed by atoms with Crippen LogP contribution in [-0.4, -0.2) is 37.4 Å². The molecule has 0 saturated carbocycles. The number of carboxylic acids is 1. The molecule has 104 valence electrons. The first-order valence-corrected chi connectivity index (χ1v) is 6.83. The summed E-state index contributed by atoms with van der Waals surface area (Å²) in [6.45, 7) is 2.19. The molecule has 1 aromatic carbocycles. The topological polar surface area (TPSA) is 49.8 Å². The van der Waals surface area contributed by atoms with Crippen molar-refractivity contribution in [2.45, 2.75) is 12.8 Å². The molecule has 2 rings (SSSR count). The van der Waals surface area contributed by atoms with Gasteiger partial charge in [-0.1, -0.05) is 17.7 Å². The summed E-state index contributed by atoms with van der Waals surface area (Å²) >= 11 is 5.97. The van der Waals surface area contributed by atoms with E-state index in [0.717, 1.165) is 25.1 Å². The molecule has 1 unspecified atom stereocenters. The van der Waals surface area contributed by atoms with Crippen LogP contribution < -0.4 is 4.90 Å². The number of hydrogen-bond acceptors (Lipinski definition) is 3. The van der Waals surface area contributed by atoms with E-state index in [0.29, 0.717) is 24.1 Å². The number of aliphatic carboxylic acids is 1. The highest BCUT2D eigenvalue weighted by Crippen LogP contribution is 2.22. The Morgan fingerprint density at radius 1 is 1.53 bits per heavy atom. The SMILES string of the molecule is O=C(O)CN(CC1CCCOC1)c1cccc(Cl)c1. The lowest BCUT2D eigenvalue weighted by molar-refractivity contribution is -0.135. The van der Waals surface area contributed by atoms with Gasteiger partial charge < -0.3 is 14.7 Å². The molecule has 19 heavy (non-hydrogen) atoms. The number of benzene rings is 1. The molecule has 1 N–H and O–H groups in total. The van der Waals surface area contributed by atoms with E-state index >= 15 is 0 Å². The Morgan fingerprint density at radius 2 is 2.37 bits per heavy atom. The van der Waals surface area contributed by atoms with Gasteiger partial charge in [0.15, 0.2) is 0 Å². The van der Waals surface area contributed by atoms with Crippen LogP contribution in [0.2, 0.25) is 5.02 Å². The Bertz CT molecular complexity index is 432. The van der Waals surface area contributed by atoms with Crippen LogP contribution in [0.25, 0.3) is 0 Å². The van der Waals surface area contributed by atoms with E-state index in [1.165, 1.54) is 0 Å². The van der Waals surface area contributed by atoms with Crippen molar-refractivity contribution in [3.05, 3.63) is 29.3 Å². The lowest BCUT2D eigenvalue weighted by atomic mass is 10.0. The number of carboxylic acid groups (broad SMARTS) is 1. The van der Waals surface area contributed by atoms with E-state index in [9.17, 15) is 4.79 Å². The first-order valence-electron chi connectivity index (χ1n) is 6.45. The maximum absolute atomic E-state index is 11.0. The largest absolute Gasteiger partial charge is 0.480 e. The lowest BCUT2D eigenvalue weighted by Gasteiger charge is -2.30. The summed E-state index contributed by atoms with van der Waals surface area (Å²) in [6.07, 6.45) is 2.12. The third-order valence-electron chi connectivity index (χ3n) is 3.23. The third-order valence-corrected chi connectivity index (χ3v) is 3.47. The van der Waals surface area contributed by atoms with Gasteiger partial charge in [0.25, 0.3) is 0 Å². The predicted octanol–water partition coefficient (Wildman–Crippen LogP) is 2.66. The predicted molar refractivity (Wildman–Crippen MR) is 74.8 cm³/mol. The number of hydrogen-bond donors (Lipinski definition) is 1. The van der Waals surface area contributed by atoms with Crippen LogP contribution in [0.3, 0.4) is 0 Å². The summed E-state index contributed by atoms with van der Waals surface area (Å²) in [5, 5.41) is 9.66. The van der Waals surface area contributed by atoms with Crippen LogP contribution in [0, 0.1) is 5.92 Å². The molecule has 5 heteroatoms. The van der Waals surface area contributed by atoms with E-state index in [2.05, 4.69) is 0 Å². The second-order valence-corrected chi connectivity index (χ2v) is 5.27. The van der Waals surface area contributed by atoms with Crippen LogP contribution in [0.15, 0.2) is 24.3 Å². The number of carbonyl (C=O) groups is 1. The maximum atomic E-state index is 11.0. The molecule has 1 heterocycles. The summed E-state index contributed by atoms with van der Waals surface area (Å²) < 4.78 is 5.45. The van der Waals surface area contributed by atoms with Crippen LogP contribution in [0.5, 0.6) is 0 Å². The van der Waals surface area contributed by atoms with Gasteiger partial charge in [0, 0.05) is 23.9 Å². The first kappa shape index (κ1) is 14.2. The van der Waals surface area contributed by atoms with Gasteiger partial charge in [0.2, 0.25) is 0 Å². The second-order valence-electron chi connectivity index (χ2n) is 4.84. The fourth-order valence-corrected chi connectivity index (χ4v) is 2.54. The standard InChI is InChI=1S/C14H18ClNO3/c15-12-4-1-5-13(7-12)16(9-14(17)18)8-11-3-2-6-19-10-11/h1,4-5,7,11H,2-3,6,8-10H2,(H,17,18). The molecule has 0 spiro atoms. The van der Waals surface area contributed by atoms with Crippen LogP contribution in [0.4, 0.5) is 5.69 Å². The van der Waals surface area contributed by atoms with Gasteiger partial charge in [-0.2, -0.15) is 0 Å². The van der Waals surface area contributed by atoms with Gasteiger partial charge in [0.1, 0.15) is 6.54 Å². The molecule has 0 aromatic heterocycles. The van der Waals surface area contributed by atoms with Crippen molar-refractivity contribution in [3.63, 3.8) is 0 Å². The average molecular weight is 284 g/mol. The normalized spacial score (nSPS) is 19.1.